The summed E-state index contributed by atoms with van der Waals surface area (Å²) in [6.07, 6.45) is 2.06. The molecule has 3 N–H and O–H groups in total. The minimum atomic E-state index is -0.407. The molecule has 17 heavy (non-hydrogen) atoms. The number of hydrogen-bond donors (Lipinski definition) is 2. The fraction of sp³-hybridized carbons (Fsp3) is 0.909. The summed E-state index contributed by atoms with van der Waals surface area (Å²) in [4.78, 5) is 13.4. The molecule has 1 atom stereocenters. The third kappa shape index (κ3) is 4.43. The smallest absolute Gasteiger partial charge is 0.247 e. The Morgan fingerprint density at radius 3 is 2.76 bits per heavy atom. The van der Waals surface area contributed by atoms with E-state index in [0.29, 0.717) is 13.2 Å². The molecule has 0 radical (unpaired) electrons. The van der Waals surface area contributed by atoms with Crippen LogP contribution in [-0.4, -0.2) is 56.2 Å². The lowest BCUT2D eigenvalue weighted by Crippen LogP contribution is -2.50. The summed E-state index contributed by atoms with van der Waals surface area (Å²) in [5, 5.41) is 3.36. The van der Waals surface area contributed by atoms with Crippen LogP contribution in [-0.2, 0) is 9.53 Å². The predicted molar refractivity (Wildman–Crippen MR) is 68.2 cm³/mol. The zero-order valence-corrected chi connectivity index (χ0v) is 10.9. The average molecular weight is 264 g/mol. The molecular weight excluding hydrogens is 242 g/mol. The summed E-state index contributed by atoms with van der Waals surface area (Å²) in [6, 6.07) is 0. The molecule has 1 amide bonds. The minimum Gasteiger partial charge on any atom is -0.367 e. The van der Waals surface area contributed by atoms with E-state index in [9.17, 15) is 4.79 Å². The van der Waals surface area contributed by atoms with E-state index < -0.39 is 6.10 Å². The highest BCUT2D eigenvalue weighted by atomic mass is 35.5. The zero-order valence-electron chi connectivity index (χ0n) is 10.1. The fourth-order valence-corrected chi connectivity index (χ4v) is 2.47. The van der Waals surface area contributed by atoms with E-state index in [1.807, 2.05) is 0 Å². The fourth-order valence-electron chi connectivity index (χ4n) is 2.47. The maximum atomic E-state index is 11.1. The first-order chi connectivity index (χ1) is 7.75. The molecule has 2 heterocycles. The van der Waals surface area contributed by atoms with Crippen LogP contribution < -0.4 is 11.1 Å². The summed E-state index contributed by atoms with van der Waals surface area (Å²) in [5.41, 5.74) is 5.26. The highest BCUT2D eigenvalue weighted by Gasteiger charge is 2.26. The van der Waals surface area contributed by atoms with Gasteiger partial charge in [0, 0.05) is 19.6 Å². The van der Waals surface area contributed by atoms with Gasteiger partial charge in [0.2, 0.25) is 5.91 Å². The lowest BCUT2D eigenvalue weighted by molar-refractivity contribution is -0.135. The van der Waals surface area contributed by atoms with Crippen molar-refractivity contribution in [3.8, 4) is 0 Å². The average Bonchev–Trinajstić information content (AvgIpc) is 2.30. The molecule has 0 saturated carbocycles. The van der Waals surface area contributed by atoms with Crippen LogP contribution >= 0.6 is 12.4 Å². The Labute approximate surface area is 108 Å². The highest BCUT2D eigenvalue weighted by molar-refractivity contribution is 5.85. The third-order valence-electron chi connectivity index (χ3n) is 3.44. The Hall–Kier alpha value is -0.360. The van der Waals surface area contributed by atoms with Gasteiger partial charge in [0.05, 0.1) is 6.61 Å². The lowest BCUT2D eigenvalue weighted by atomic mass is 9.97. The van der Waals surface area contributed by atoms with Gasteiger partial charge < -0.3 is 15.8 Å². The van der Waals surface area contributed by atoms with Gasteiger partial charge in [0.15, 0.2) is 0 Å². The number of nitrogens with zero attached hydrogens (tertiary/aromatic N) is 1. The van der Waals surface area contributed by atoms with Crippen LogP contribution in [0.15, 0.2) is 0 Å². The van der Waals surface area contributed by atoms with Crippen molar-refractivity contribution < 1.29 is 9.53 Å². The predicted octanol–water partition coefficient (Wildman–Crippen LogP) is -0.406. The number of halogens is 1. The minimum absolute atomic E-state index is 0. The Morgan fingerprint density at radius 1 is 1.41 bits per heavy atom. The highest BCUT2D eigenvalue weighted by Crippen LogP contribution is 2.15. The molecule has 0 aromatic rings. The molecule has 0 aromatic heterocycles. The van der Waals surface area contributed by atoms with Crippen molar-refractivity contribution in [2.75, 3.05) is 39.3 Å². The maximum Gasteiger partial charge on any atom is 0.247 e. The summed E-state index contributed by atoms with van der Waals surface area (Å²) in [5.74, 6) is 0.419. The molecule has 5 nitrogen and oxygen atoms in total. The molecule has 0 spiro atoms. The number of nitrogens with two attached hydrogens (primary N) is 1. The Bertz CT molecular complexity index is 247. The van der Waals surface area contributed by atoms with Crippen LogP contribution in [0.25, 0.3) is 0 Å². The van der Waals surface area contributed by atoms with Crippen molar-refractivity contribution in [1.82, 2.24) is 10.2 Å². The number of amides is 1. The number of primary amides is 1. The molecule has 2 rings (SSSR count). The molecule has 2 aliphatic rings. The van der Waals surface area contributed by atoms with Gasteiger partial charge in [-0.2, -0.15) is 0 Å². The topological polar surface area (TPSA) is 67.6 Å². The monoisotopic (exact) mass is 263 g/mol. The quantitative estimate of drug-likeness (QED) is 0.727. The molecule has 1 unspecified atom stereocenters. The summed E-state index contributed by atoms with van der Waals surface area (Å²) < 4.78 is 5.33. The first-order valence-electron chi connectivity index (χ1n) is 6.09. The number of ether oxygens (including phenoxy) is 1. The van der Waals surface area contributed by atoms with Crippen LogP contribution in [0.2, 0.25) is 0 Å². The van der Waals surface area contributed by atoms with Crippen LogP contribution in [0, 0.1) is 5.92 Å². The molecule has 2 fully saturated rings. The van der Waals surface area contributed by atoms with Crippen molar-refractivity contribution in [1.29, 1.82) is 0 Å². The molecule has 0 aromatic carbocycles. The normalized spacial score (nSPS) is 27.4. The van der Waals surface area contributed by atoms with E-state index in [4.69, 9.17) is 10.5 Å². The molecule has 6 heteroatoms. The Balaban J connectivity index is 0.00000144. The number of nitrogens with one attached hydrogen (secondary N) is 1. The van der Waals surface area contributed by atoms with Gasteiger partial charge in [-0.05, 0) is 31.8 Å². The van der Waals surface area contributed by atoms with Gasteiger partial charge in [-0.3, -0.25) is 9.69 Å². The van der Waals surface area contributed by atoms with Gasteiger partial charge in [-0.1, -0.05) is 0 Å². The van der Waals surface area contributed by atoms with Crippen molar-refractivity contribution in [2.45, 2.75) is 18.9 Å². The van der Waals surface area contributed by atoms with E-state index in [2.05, 4.69) is 10.2 Å². The first-order valence-corrected chi connectivity index (χ1v) is 6.09. The van der Waals surface area contributed by atoms with Crippen molar-refractivity contribution in [3.63, 3.8) is 0 Å². The first kappa shape index (κ1) is 14.7. The van der Waals surface area contributed by atoms with E-state index >= 15 is 0 Å². The van der Waals surface area contributed by atoms with E-state index in [0.717, 1.165) is 32.1 Å². The van der Waals surface area contributed by atoms with Crippen LogP contribution in [0.4, 0.5) is 0 Å². The number of piperidine rings is 1. The summed E-state index contributed by atoms with van der Waals surface area (Å²) in [7, 11) is 0. The standard InChI is InChI=1S/C11H21N3O2.ClH/c12-11(15)10-8-14(5-6-16-10)7-9-1-3-13-4-2-9;/h9-10,13H,1-8H2,(H2,12,15);1H. The second-order valence-corrected chi connectivity index (χ2v) is 4.71. The molecule has 2 saturated heterocycles. The molecule has 2 aliphatic heterocycles. The van der Waals surface area contributed by atoms with Crippen LogP contribution in [0.1, 0.15) is 12.8 Å². The second-order valence-electron chi connectivity index (χ2n) is 4.71. The summed E-state index contributed by atoms with van der Waals surface area (Å²) >= 11 is 0. The third-order valence-corrected chi connectivity index (χ3v) is 3.44. The molecule has 0 aliphatic carbocycles. The van der Waals surface area contributed by atoms with Crippen molar-refractivity contribution >= 4 is 18.3 Å². The number of hydrogen-bond acceptors (Lipinski definition) is 4. The van der Waals surface area contributed by atoms with Crippen LogP contribution in [0.5, 0.6) is 0 Å². The largest absolute Gasteiger partial charge is 0.367 e. The number of carbonyl (C=O) groups is 1. The van der Waals surface area contributed by atoms with Gasteiger partial charge in [0.25, 0.3) is 0 Å². The second kappa shape index (κ2) is 7.16. The maximum absolute atomic E-state index is 11.1. The number of morpholine rings is 1. The van der Waals surface area contributed by atoms with Gasteiger partial charge >= 0.3 is 0 Å². The summed E-state index contributed by atoms with van der Waals surface area (Å²) in [6.45, 7) is 5.53. The van der Waals surface area contributed by atoms with Gasteiger partial charge in [-0.25, -0.2) is 0 Å². The number of carbonyl (C=O) groups excluding carboxylic acids is 1. The zero-order chi connectivity index (χ0) is 11.4. The van der Waals surface area contributed by atoms with Gasteiger partial charge in [0.1, 0.15) is 6.10 Å². The van der Waals surface area contributed by atoms with E-state index in [-0.39, 0.29) is 18.3 Å². The van der Waals surface area contributed by atoms with E-state index in [1.165, 1.54) is 12.8 Å². The van der Waals surface area contributed by atoms with E-state index in [1.54, 1.807) is 0 Å². The molecular formula is C11H22ClN3O2. The molecule has 100 valence electrons. The number of rotatable bonds is 3. The van der Waals surface area contributed by atoms with Crippen molar-refractivity contribution in [2.24, 2.45) is 11.7 Å². The van der Waals surface area contributed by atoms with Gasteiger partial charge in [-0.15, -0.1) is 12.4 Å². The SMILES string of the molecule is Cl.NC(=O)C1CN(CC2CCNCC2)CCO1. The lowest BCUT2D eigenvalue weighted by Gasteiger charge is -2.35. The Kier molecular flexibility index (Phi) is 6.19. The van der Waals surface area contributed by atoms with Crippen LogP contribution in [0.3, 0.4) is 0 Å². The molecule has 0 bridgehead atoms. The van der Waals surface area contributed by atoms with Crippen molar-refractivity contribution in [3.05, 3.63) is 0 Å². The Morgan fingerprint density at radius 2 is 2.12 bits per heavy atom.